The van der Waals surface area contributed by atoms with Gasteiger partial charge in [0.05, 0.1) is 12.0 Å². The van der Waals surface area contributed by atoms with Crippen LogP contribution in [0.4, 0.5) is 4.79 Å². The number of carbonyl (C=O) groups excluding carboxylic acids is 3. The number of primary amides is 1. The Balaban J connectivity index is 0. The van der Waals surface area contributed by atoms with Crippen LogP contribution in [0.3, 0.4) is 0 Å². The largest absolute Gasteiger partial charge is 2.00 e. The molecule has 13 heavy (non-hydrogen) atoms. The summed E-state index contributed by atoms with van der Waals surface area (Å²) in [4.78, 5) is 30.1. The van der Waals surface area contributed by atoms with Crippen molar-refractivity contribution in [2.75, 3.05) is 0 Å². The zero-order valence-electron chi connectivity index (χ0n) is 6.61. The fraction of sp³-hybridized carbons (Fsp3) is 0.400. The number of aliphatic carboxylic acids is 2. The Bertz CT molecular complexity index is 203. The van der Waals surface area contributed by atoms with Crippen LogP contribution in [-0.4, -0.2) is 61.7 Å². The van der Waals surface area contributed by atoms with Crippen LogP contribution in [0.15, 0.2) is 0 Å². The van der Waals surface area contributed by atoms with Crippen LogP contribution < -0.4 is 21.3 Å². The van der Waals surface area contributed by atoms with Crippen molar-refractivity contribution in [3.63, 3.8) is 0 Å². The van der Waals surface area contributed by atoms with Crippen LogP contribution in [0, 0.1) is 0 Å². The number of hydrogen-bond donors (Lipinski definition) is 2. The Kier molecular flexibility index (Phi) is 7.98. The van der Waals surface area contributed by atoms with Gasteiger partial charge in [0.15, 0.2) is 0 Å². The number of hydrogen-bond acceptors (Lipinski definition) is 5. The normalized spacial score (nSPS) is 10.8. The first kappa shape index (κ1) is 15.0. The molecule has 0 saturated carbocycles. The third-order valence-electron chi connectivity index (χ3n) is 0.972. The van der Waals surface area contributed by atoms with Crippen molar-refractivity contribution < 1.29 is 24.6 Å². The Labute approximate surface area is 103 Å². The number of carbonyl (C=O) groups is 3. The van der Waals surface area contributed by atoms with Crippen molar-refractivity contribution in [2.45, 2.75) is 12.5 Å². The summed E-state index contributed by atoms with van der Waals surface area (Å²) in [5, 5.41) is 21.7. The second kappa shape index (κ2) is 6.93. The molecule has 0 rings (SSSR count). The van der Waals surface area contributed by atoms with Gasteiger partial charge in [-0.25, -0.2) is 4.79 Å². The van der Waals surface area contributed by atoms with E-state index in [-0.39, 0.29) is 37.7 Å². The molecule has 0 aromatic rings. The van der Waals surface area contributed by atoms with Gasteiger partial charge in [-0.15, -0.1) is 0 Å². The maximum atomic E-state index is 10.1. The molecule has 0 unspecified atom stereocenters. The molecule has 0 radical (unpaired) electrons. The van der Waals surface area contributed by atoms with Gasteiger partial charge in [0.25, 0.3) is 0 Å². The molecule has 0 aliphatic heterocycles. The average Bonchev–Trinajstić information content (AvgIpc) is 1.83. The van der Waals surface area contributed by atoms with Gasteiger partial charge in [-0.1, -0.05) is 0 Å². The smallest absolute Gasteiger partial charge is 0.550 e. The summed E-state index contributed by atoms with van der Waals surface area (Å²) < 4.78 is 0. The van der Waals surface area contributed by atoms with Gasteiger partial charge in [-0.2, -0.15) is 0 Å². The number of urea groups is 1. The Morgan fingerprint density at radius 1 is 1.31 bits per heavy atom. The molecule has 0 heterocycles. The standard InChI is InChI=1S/C5H8N2O5.Ca/c6-5(12)7-2(4(10)11)1-3(8)9;/h2H,1H2,(H,8,9)(H,10,11)(H3,6,7,12);/q;+2/p-2/t2-;/m0./s1. The van der Waals surface area contributed by atoms with Crippen molar-refractivity contribution in [1.29, 1.82) is 0 Å². The summed E-state index contributed by atoms with van der Waals surface area (Å²) in [5.41, 5.74) is 4.55. The minimum Gasteiger partial charge on any atom is -0.550 e. The van der Waals surface area contributed by atoms with Gasteiger partial charge < -0.3 is 30.9 Å². The van der Waals surface area contributed by atoms with E-state index in [4.69, 9.17) is 0 Å². The first-order valence-corrected chi connectivity index (χ1v) is 2.90. The van der Waals surface area contributed by atoms with Gasteiger partial charge >= 0.3 is 43.8 Å². The summed E-state index contributed by atoms with van der Waals surface area (Å²) >= 11 is 0. The first-order valence-electron chi connectivity index (χ1n) is 2.90. The second-order valence-corrected chi connectivity index (χ2v) is 1.96. The number of carboxylic acids is 2. The molecule has 0 fully saturated rings. The van der Waals surface area contributed by atoms with Crippen molar-refractivity contribution >= 4 is 55.7 Å². The first-order chi connectivity index (χ1) is 5.43. The minimum absolute atomic E-state index is 0. The summed E-state index contributed by atoms with van der Waals surface area (Å²) in [7, 11) is 0. The molecule has 2 amide bonds. The van der Waals surface area contributed by atoms with E-state index in [0.717, 1.165) is 0 Å². The predicted molar refractivity (Wildman–Crippen MR) is 36.9 cm³/mol. The van der Waals surface area contributed by atoms with Crippen molar-refractivity contribution in [3.05, 3.63) is 0 Å². The number of carboxylic acid groups (broad SMARTS) is 2. The van der Waals surface area contributed by atoms with Gasteiger partial charge in [0.1, 0.15) is 0 Å². The van der Waals surface area contributed by atoms with Crippen LogP contribution in [-0.2, 0) is 9.59 Å². The molecule has 7 nitrogen and oxygen atoms in total. The molecular weight excluding hydrogens is 208 g/mol. The SMILES string of the molecule is NC(=O)N[C@@H](CC(=O)[O-])C(=O)[O-].[Ca+2]. The molecule has 0 aliphatic rings. The van der Waals surface area contributed by atoms with E-state index >= 15 is 0 Å². The monoisotopic (exact) mass is 214 g/mol. The molecule has 1 atom stereocenters. The molecule has 0 bridgehead atoms. The van der Waals surface area contributed by atoms with E-state index in [1.165, 1.54) is 0 Å². The van der Waals surface area contributed by atoms with E-state index in [9.17, 15) is 24.6 Å². The van der Waals surface area contributed by atoms with Gasteiger partial charge in [-0.3, -0.25) is 0 Å². The third-order valence-corrected chi connectivity index (χ3v) is 0.972. The van der Waals surface area contributed by atoms with E-state index in [1.54, 1.807) is 5.32 Å². The van der Waals surface area contributed by atoms with E-state index in [1.807, 2.05) is 0 Å². The molecule has 0 spiro atoms. The predicted octanol–water partition coefficient (Wildman–Crippen LogP) is -4.47. The van der Waals surface area contributed by atoms with Crippen LogP contribution in [0.2, 0.25) is 0 Å². The average molecular weight is 214 g/mol. The zero-order valence-corrected chi connectivity index (χ0v) is 8.82. The number of nitrogens with one attached hydrogen (secondary N) is 1. The zero-order chi connectivity index (χ0) is 9.72. The molecule has 3 N–H and O–H groups in total. The summed E-state index contributed by atoms with van der Waals surface area (Å²) in [5.74, 6) is -3.34. The van der Waals surface area contributed by atoms with Gasteiger partial charge in [0, 0.05) is 12.4 Å². The van der Waals surface area contributed by atoms with Crippen LogP contribution >= 0.6 is 0 Å². The molecule has 0 aromatic carbocycles. The fourth-order valence-corrected chi connectivity index (χ4v) is 0.532. The quantitative estimate of drug-likeness (QED) is 0.455. The molecule has 0 aliphatic carbocycles. The summed E-state index contributed by atoms with van der Waals surface area (Å²) in [6, 6.07) is -2.78. The van der Waals surface area contributed by atoms with Gasteiger partial charge in [0.2, 0.25) is 0 Å². The van der Waals surface area contributed by atoms with Crippen molar-refractivity contribution in [3.8, 4) is 0 Å². The number of rotatable bonds is 4. The maximum Gasteiger partial charge on any atom is 2.00 e. The second-order valence-electron chi connectivity index (χ2n) is 1.96. The van der Waals surface area contributed by atoms with Crippen molar-refractivity contribution in [2.24, 2.45) is 5.73 Å². The maximum absolute atomic E-state index is 10.1. The molecular formula is C5H6CaN2O5. The summed E-state index contributed by atoms with van der Waals surface area (Å²) in [6.45, 7) is 0. The summed E-state index contributed by atoms with van der Waals surface area (Å²) in [6.07, 6.45) is -0.870. The minimum atomic E-state index is -1.72. The van der Waals surface area contributed by atoms with Crippen LogP contribution in [0.1, 0.15) is 6.42 Å². The molecule has 68 valence electrons. The van der Waals surface area contributed by atoms with E-state index in [2.05, 4.69) is 5.73 Å². The molecule has 8 heteroatoms. The molecule has 0 saturated heterocycles. The van der Waals surface area contributed by atoms with Crippen LogP contribution in [0.25, 0.3) is 0 Å². The van der Waals surface area contributed by atoms with Crippen molar-refractivity contribution in [1.82, 2.24) is 5.32 Å². The Hall–Kier alpha value is -0.530. The number of amides is 2. The Morgan fingerprint density at radius 3 is 2.00 bits per heavy atom. The number of nitrogens with two attached hydrogens (primary N) is 1. The van der Waals surface area contributed by atoms with Gasteiger partial charge in [-0.05, 0) is 0 Å². The Morgan fingerprint density at radius 2 is 1.77 bits per heavy atom. The van der Waals surface area contributed by atoms with E-state index in [0.29, 0.717) is 0 Å². The van der Waals surface area contributed by atoms with Crippen LogP contribution in [0.5, 0.6) is 0 Å². The van der Waals surface area contributed by atoms with E-state index < -0.39 is 30.4 Å². The fourth-order valence-electron chi connectivity index (χ4n) is 0.532. The molecule has 0 aromatic heterocycles. The third kappa shape index (κ3) is 7.82. The topological polar surface area (TPSA) is 135 Å².